The number of rotatable bonds is 5. The summed E-state index contributed by atoms with van der Waals surface area (Å²) in [6.45, 7) is 18.2. The van der Waals surface area contributed by atoms with Gasteiger partial charge in [0.2, 0.25) is 0 Å². The Morgan fingerprint density at radius 3 is 2.28 bits per heavy atom. The minimum absolute atomic E-state index is 0.328. The van der Waals surface area contributed by atoms with Crippen molar-refractivity contribution in [3.8, 4) is 23.0 Å². The van der Waals surface area contributed by atoms with Crippen LogP contribution in [0.3, 0.4) is 0 Å². The summed E-state index contributed by atoms with van der Waals surface area (Å²) in [5.74, 6) is 3.69. The molecule has 0 saturated carbocycles. The first-order valence-electron chi connectivity index (χ1n) is 16.2. The number of pyridine rings is 1. The summed E-state index contributed by atoms with van der Waals surface area (Å²) in [7, 11) is 0. The van der Waals surface area contributed by atoms with Crippen molar-refractivity contribution in [2.24, 2.45) is 17.8 Å². The van der Waals surface area contributed by atoms with E-state index in [1.807, 2.05) is 41.0 Å². The highest BCUT2D eigenvalue weighted by atomic mass is 19.1. The van der Waals surface area contributed by atoms with Crippen molar-refractivity contribution in [1.82, 2.24) is 19.3 Å². The molecule has 6 heteroatoms. The monoisotopic (exact) mass is 612 g/mol. The number of allylic oxidation sites excluding steroid dienone is 2. The van der Waals surface area contributed by atoms with Gasteiger partial charge in [0.25, 0.3) is 0 Å². The molecule has 0 radical (unpaired) electrons. The van der Waals surface area contributed by atoms with Crippen LogP contribution < -0.4 is 4.74 Å². The fourth-order valence-corrected chi connectivity index (χ4v) is 7.81. The largest absolute Gasteiger partial charge is 0.457 e. The molecule has 0 aliphatic heterocycles. The Labute approximate surface area is 270 Å². The van der Waals surface area contributed by atoms with Gasteiger partial charge in [-0.05, 0) is 94.3 Å². The molecule has 3 heterocycles. The maximum atomic E-state index is 14.3. The van der Waals surface area contributed by atoms with Crippen molar-refractivity contribution >= 4 is 21.8 Å². The van der Waals surface area contributed by atoms with E-state index in [0.29, 0.717) is 35.2 Å². The molecule has 7 rings (SSSR count). The molecule has 0 fully saturated rings. The lowest BCUT2D eigenvalue weighted by Gasteiger charge is -2.40. The molecule has 6 aromatic rings. The van der Waals surface area contributed by atoms with Crippen LogP contribution in [0.2, 0.25) is 0 Å². The highest BCUT2D eigenvalue weighted by Crippen LogP contribution is 2.48. The van der Waals surface area contributed by atoms with Gasteiger partial charge in [-0.25, -0.2) is 14.1 Å². The Morgan fingerprint density at radius 1 is 0.739 bits per heavy atom. The van der Waals surface area contributed by atoms with E-state index < -0.39 is 0 Å². The van der Waals surface area contributed by atoms with Crippen LogP contribution in [0.15, 0.2) is 90.1 Å². The quantitative estimate of drug-likeness (QED) is 0.182. The Kier molecular flexibility index (Phi) is 7.34. The molecule has 3 aromatic carbocycles. The fraction of sp³-hybridized carbons (Fsp3) is 0.300. The number of benzene rings is 3. The number of nitrogens with zero attached hydrogens (tertiary/aromatic N) is 4. The first-order chi connectivity index (χ1) is 22.0. The van der Waals surface area contributed by atoms with Gasteiger partial charge in [-0.2, -0.15) is 5.10 Å². The number of halogens is 1. The average Bonchev–Trinajstić information content (AvgIpc) is 3.52. The lowest BCUT2D eigenvalue weighted by atomic mass is 9.64. The molecular formula is C40H41FN4O. The molecule has 0 bridgehead atoms. The Balaban J connectivity index is 1.29. The summed E-state index contributed by atoms with van der Waals surface area (Å²) >= 11 is 0. The van der Waals surface area contributed by atoms with Crippen LogP contribution in [0.25, 0.3) is 33.3 Å². The number of fused-ring (bicyclic) bond motifs is 3. The van der Waals surface area contributed by atoms with Crippen molar-refractivity contribution in [3.05, 3.63) is 118 Å². The summed E-state index contributed by atoms with van der Waals surface area (Å²) in [4.78, 5) is 4.49. The van der Waals surface area contributed by atoms with E-state index in [1.165, 1.54) is 40.7 Å². The smallest absolute Gasteiger partial charge is 0.140 e. The lowest BCUT2D eigenvalue weighted by Crippen LogP contribution is -2.30. The molecule has 4 atom stereocenters. The second kappa shape index (κ2) is 11.3. The number of para-hydroxylation sites is 1. The van der Waals surface area contributed by atoms with Gasteiger partial charge in [0.15, 0.2) is 0 Å². The van der Waals surface area contributed by atoms with E-state index in [4.69, 9.17) is 9.84 Å². The maximum absolute atomic E-state index is 14.3. The molecule has 46 heavy (non-hydrogen) atoms. The Morgan fingerprint density at radius 2 is 1.50 bits per heavy atom. The van der Waals surface area contributed by atoms with E-state index in [0.717, 1.165) is 44.5 Å². The summed E-state index contributed by atoms with van der Waals surface area (Å²) in [5, 5.41) is 7.22. The molecule has 234 valence electrons. The van der Waals surface area contributed by atoms with Crippen LogP contribution in [0.5, 0.6) is 11.5 Å². The normalized spacial score (nSPS) is 20.2. The minimum Gasteiger partial charge on any atom is -0.457 e. The highest BCUT2D eigenvalue weighted by molar-refractivity contribution is 6.09. The number of aromatic nitrogens is 4. The second-order valence-corrected chi connectivity index (χ2v) is 13.3. The molecule has 1 aliphatic rings. The third-order valence-corrected chi connectivity index (χ3v) is 10.7. The standard InChI is InChI=1S/C40H41FN4O/c1-22-17-31(45-29(8)40(28(7)43-45)39-26(5)24(3)23(2)25(4)27(39)6)20-33(18-22)46-32-13-14-35-34-11-9-10-12-36(34)44(37(35)21-32)38-19-30(41)15-16-42-38/h9-21,23-24,26,39H,1-8H3/t23-,24+,26+,39?/m1/s1. The Hall–Kier alpha value is -4.71. The molecule has 5 nitrogen and oxygen atoms in total. The van der Waals surface area contributed by atoms with Gasteiger partial charge in [0.1, 0.15) is 23.1 Å². The van der Waals surface area contributed by atoms with E-state index in [-0.39, 0.29) is 5.82 Å². The SMILES string of the molecule is CC1=C(C)[C@H](C)[C@H](C)[C@H](C)C1c1c(C)nn(-c2cc(C)cc(Oc3ccc4c5ccccc5n(-c5cc(F)ccn5)c4c3)c2)c1C. The van der Waals surface area contributed by atoms with E-state index >= 15 is 0 Å². The topological polar surface area (TPSA) is 44.9 Å². The molecule has 1 unspecified atom stereocenters. The predicted molar refractivity (Wildman–Crippen MR) is 185 cm³/mol. The van der Waals surface area contributed by atoms with E-state index in [2.05, 4.69) is 89.3 Å². The summed E-state index contributed by atoms with van der Waals surface area (Å²) in [5.41, 5.74) is 10.5. The third-order valence-electron chi connectivity index (χ3n) is 10.7. The van der Waals surface area contributed by atoms with E-state index in [1.54, 1.807) is 0 Å². The molecule has 1 aliphatic carbocycles. The van der Waals surface area contributed by atoms with Crippen molar-refractivity contribution in [3.63, 3.8) is 0 Å². The van der Waals surface area contributed by atoms with Crippen LogP contribution in [0, 0.1) is 44.3 Å². The van der Waals surface area contributed by atoms with Crippen LogP contribution >= 0.6 is 0 Å². The van der Waals surface area contributed by atoms with E-state index in [9.17, 15) is 4.39 Å². The summed E-state index contributed by atoms with van der Waals surface area (Å²) in [6.07, 6.45) is 1.50. The van der Waals surface area contributed by atoms with Crippen molar-refractivity contribution < 1.29 is 9.13 Å². The second-order valence-electron chi connectivity index (χ2n) is 13.3. The minimum atomic E-state index is -0.328. The van der Waals surface area contributed by atoms with Crippen molar-refractivity contribution in [1.29, 1.82) is 0 Å². The van der Waals surface area contributed by atoms with Gasteiger partial charge in [-0.3, -0.25) is 4.57 Å². The lowest BCUT2D eigenvalue weighted by molar-refractivity contribution is 0.256. The van der Waals surface area contributed by atoms with Gasteiger partial charge >= 0.3 is 0 Å². The maximum Gasteiger partial charge on any atom is 0.140 e. The predicted octanol–water partition coefficient (Wildman–Crippen LogP) is 10.6. The van der Waals surface area contributed by atoms with Gasteiger partial charge in [-0.15, -0.1) is 0 Å². The first kappa shape index (κ1) is 30.0. The Bertz CT molecular complexity index is 2170. The zero-order valence-corrected chi connectivity index (χ0v) is 27.9. The molecule has 0 spiro atoms. The number of ether oxygens (including phenoxy) is 1. The number of hydrogen-bond acceptors (Lipinski definition) is 3. The summed E-state index contributed by atoms with van der Waals surface area (Å²) < 4.78 is 24.9. The van der Waals surface area contributed by atoms with Crippen LogP contribution in [0.1, 0.15) is 63.1 Å². The molecule has 0 amide bonds. The van der Waals surface area contributed by atoms with Gasteiger partial charge in [-0.1, -0.05) is 50.1 Å². The molecule has 0 N–H and O–H groups in total. The van der Waals surface area contributed by atoms with Crippen molar-refractivity contribution in [2.45, 2.75) is 61.3 Å². The summed E-state index contributed by atoms with van der Waals surface area (Å²) in [6, 6.07) is 23.3. The van der Waals surface area contributed by atoms with Gasteiger partial charge < -0.3 is 4.74 Å². The zero-order chi connectivity index (χ0) is 32.4. The third kappa shape index (κ3) is 4.82. The van der Waals surface area contributed by atoms with Crippen molar-refractivity contribution in [2.75, 3.05) is 0 Å². The van der Waals surface area contributed by atoms with Crippen LogP contribution in [-0.2, 0) is 0 Å². The molecule has 0 saturated heterocycles. The molecule has 3 aromatic heterocycles. The van der Waals surface area contributed by atoms with Crippen LogP contribution in [-0.4, -0.2) is 19.3 Å². The number of aryl methyl sites for hydroxylation is 2. The fourth-order valence-electron chi connectivity index (χ4n) is 7.81. The zero-order valence-electron chi connectivity index (χ0n) is 27.9. The highest BCUT2D eigenvalue weighted by Gasteiger charge is 2.38. The molecular weight excluding hydrogens is 571 g/mol. The van der Waals surface area contributed by atoms with Gasteiger partial charge in [0.05, 0.1) is 22.4 Å². The first-order valence-corrected chi connectivity index (χ1v) is 16.2. The number of hydrogen-bond donors (Lipinski definition) is 0. The van der Waals surface area contributed by atoms with Crippen LogP contribution in [0.4, 0.5) is 4.39 Å². The average molecular weight is 613 g/mol. The van der Waals surface area contributed by atoms with Gasteiger partial charge in [0, 0.05) is 52.3 Å².